The minimum absolute atomic E-state index is 0. The molecule has 0 unspecified atom stereocenters. The lowest BCUT2D eigenvalue weighted by Gasteiger charge is -2.15. The van der Waals surface area contributed by atoms with Crippen LogP contribution in [0, 0.1) is 0 Å². The third kappa shape index (κ3) is 22.1. The summed E-state index contributed by atoms with van der Waals surface area (Å²) >= 11 is 0. The van der Waals surface area contributed by atoms with Crippen LogP contribution < -0.4 is 15.4 Å². The summed E-state index contributed by atoms with van der Waals surface area (Å²) in [5.41, 5.74) is 0.635. The first-order valence-electron chi connectivity index (χ1n) is 14.0. The maximum Gasteiger partial charge on any atom is 0.251 e. The molecule has 1 fully saturated rings. The van der Waals surface area contributed by atoms with Gasteiger partial charge in [-0.05, 0) is 57.5 Å². The number of nitrogens with zero attached hydrogens (tertiary/aromatic N) is 1. The summed E-state index contributed by atoms with van der Waals surface area (Å²) in [4.78, 5) is 24.8. The number of unbranched alkanes of at least 4 members (excludes halogenated alkanes) is 3. The van der Waals surface area contributed by atoms with Crippen LogP contribution in [0.1, 0.15) is 114 Å². The molecule has 210 valence electrons. The SMILES string of the molecule is CC.CC.CC.CCCCCCC(=O)NCC.CNC(=O)c1cccc(OCCN2CCCC2)c1.[HH].[HH]. The molecule has 35 heavy (non-hydrogen) atoms. The molecular formula is C29H61N3O3. The molecule has 2 N–H and O–H groups in total. The Morgan fingerprint density at radius 1 is 0.971 bits per heavy atom. The van der Waals surface area contributed by atoms with E-state index in [-0.39, 0.29) is 14.7 Å². The Morgan fingerprint density at radius 3 is 2.14 bits per heavy atom. The Hall–Kier alpha value is -2.08. The molecule has 1 saturated heterocycles. The van der Waals surface area contributed by atoms with E-state index in [2.05, 4.69) is 22.5 Å². The molecule has 0 radical (unpaired) electrons. The first kappa shape index (κ1) is 37.5. The normalized spacial score (nSPS) is 11.6. The monoisotopic (exact) mass is 499 g/mol. The highest BCUT2D eigenvalue weighted by Gasteiger charge is 2.11. The Kier molecular flexibility index (Phi) is 32.1. The van der Waals surface area contributed by atoms with Crippen LogP contribution in [0.25, 0.3) is 0 Å². The highest BCUT2D eigenvalue weighted by molar-refractivity contribution is 5.94. The summed E-state index contributed by atoms with van der Waals surface area (Å²) < 4.78 is 5.68. The predicted octanol–water partition coefficient (Wildman–Crippen LogP) is 7.18. The summed E-state index contributed by atoms with van der Waals surface area (Å²) in [6.45, 7) is 20.9. The van der Waals surface area contributed by atoms with Crippen molar-refractivity contribution in [3.05, 3.63) is 29.8 Å². The van der Waals surface area contributed by atoms with Crippen LogP contribution in [-0.2, 0) is 4.79 Å². The van der Waals surface area contributed by atoms with Gasteiger partial charge in [0.2, 0.25) is 5.91 Å². The van der Waals surface area contributed by atoms with E-state index in [1.807, 2.05) is 60.6 Å². The van der Waals surface area contributed by atoms with Crippen molar-refractivity contribution in [3.63, 3.8) is 0 Å². The quantitative estimate of drug-likeness (QED) is 0.316. The molecule has 2 amide bonds. The zero-order valence-electron chi connectivity index (χ0n) is 24.5. The van der Waals surface area contributed by atoms with Crippen LogP contribution in [-0.4, -0.2) is 56.5 Å². The number of likely N-dealkylation sites (tertiary alicyclic amines) is 1. The topological polar surface area (TPSA) is 70.7 Å². The number of hydrogen-bond donors (Lipinski definition) is 2. The molecule has 0 aliphatic carbocycles. The number of ether oxygens (including phenoxy) is 1. The Labute approximate surface area is 220 Å². The van der Waals surface area contributed by atoms with Gasteiger partial charge in [-0.25, -0.2) is 0 Å². The van der Waals surface area contributed by atoms with Crippen molar-refractivity contribution >= 4 is 11.8 Å². The number of benzene rings is 1. The fourth-order valence-corrected chi connectivity index (χ4v) is 3.17. The van der Waals surface area contributed by atoms with Crippen molar-refractivity contribution in [2.45, 2.75) is 100 Å². The van der Waals surface area contributed by atoms with Gasteiger partial charge in [-0.1, -0.05) is 73.8 Å². The number of carbonyl (C=O) groups is 2. The van der Waals surface area contributed by atoms with Crippen LogP contribution in [0.15, 0.2) is 24.3 Å². The molecule has 0 bridgehead atoms. The standard InChI is InChI=1S/C14H20N2O2.C9H19NO.3C2H6.2H2/c1-15-14(17)12-5-4-6-13(11-12)18-10-9-16-7-2-3-8-16;1-3-5-6-7-8-9(11)10-4-2;3*1-2;;/h4-6,11H,2-3,7-10H2,1H3,(H,15,17);3-8H2,1-2H3,(H,10,11);3*1-2H3;2*1H. The van der Waals surface area contributed by atoms with Gasteiger partial charge >= 0.3 is 0 Å². The van der Waals surface area contributed by atoms with Gasteiger partial charge < -0.3 is 15.4 Å². The summed E-state index contributed by atoms with van der Waals surface area (Å²) in [6.07, 6.45) is 8.01. The van der Waals surface area contributed by atoms with Gasteiger partial charge in [0.05, 0.1) is 0 Å². The Bertz CT molecular complexity index is 600. The summed E-state index contributed by atoms with van der Waals surface area (Å²) in [5, 5.41) is 5.39. The van der Waals surface area contributed by atoms with Gasteiger partial charge in [0.25, 0.3) is 5.91 Å². The Balaban J connectivity index is -0.000000157. The minimum atomic E-state index is -0.0833. The van der Waals surface area contributed by atoms with Crippen molar-refractivity contribution in [1.82, 2.24) is 15.5 Å². The van der Waals surface area contributed by atoms with Gasteiger partial charge in [-0.3, -0.25) is 14.5 Å². The average Bonchev–Trinajstić information content (AvgIpc) is 3.44. The van der Waals surface area contributed by atoms with Crippen LogP contribution >= 0.6 is 0 Å². The number of amides is 2. The molecule has 1 aromatic carbocycles. The van der Waals surface area contributed by atoms with Crippen LogP contribution in [0.5, 0.6) is 5.75 Å². The highest BCUT2D eigenvalue weighted by atomic mass is 16.5. The molecule has 6 heteroatoms. The van der Waals surface area contributed by atoms with E-state index in [4.69, 9.17) is 4.74 Å². The summed E-state index contributed by atoms with van der Waals surface area (Å²) in [6, 6.07) is 7.29. The predicted molar refractivity (Wildman–Crippen MR) is 157 cm³/mol. The summed E-state index contributed by atoms with van der Waals surface area (Å²) in [5.74, 6) is 0.874. The number of hydrogen-bond acceptors (Lipinski definition) is 4. The Morgan fingerprint density at radius 2 is 1.60 bits per heavy atom. The number of carbonyl (C=O) groups excluding carboxylic acids is 2. The number of rotatable bonds is 11. The first-order valence-corrected chi connectivity index (χ1v) is 14.0. The molecule has 6 nitrogen and oxygen atoms in total. The number of nitrogens with one attached hydrogen (secondary N) is 2. The van der Waals surface area contributed by atoms with E-state index in [9.17, 15) is 9.59 Å². The van der Waals surface area contributed by atoms with Crippen molar-refractivity contribution in [1.29, 1.82) is 0 Å². The van der Waals surface area contributed by atoms with Gasteiger partial charge in [-0.15, -0.1) is 0 Å². The lowest BCUT2D eigenvalue weighted by Crippen LogP contribution is -2.25. The van der Waals surface area contributed by atoms with E-state index >= 15 is 0 Å². The minimum Gasteiger partial charge on any atom is -0.492 e. The van der Waals surface area contributed by atoms with E-state index in [1.165, 1.54) is 45.2 Å². The molecule has 1 heterocycles. The third-order valence-electron chi connectivity index (χ3n) is 4.83. The molecule has 1 aliphatic heterocycles. The lowest BCUT2D eigenvalue weighted by molar-refractivity contribution is -0.121. The van der Waals surface area contributed by atoms with Gasteiger partial charge in [-0.2, -0.15) is 0 Å². The molecule has 1 aromatic rings. The molecule has 0 atom stereocenters. The van der Waals surface area contributed by atoms with Gasteiger partial charge in [0, 0.05) is 35.0 Å². The zero-order chi connectivity index (χ0) is 27.3. The van der Waals surface area contributed by atoms with Crippen molar-refractivity contribution in [2.75, 3.05) is 39.8 Å². The van der Waals surface area contributed by atoms with E-state index in [0.29, 0.717) is 18.6 Å². The van der Waals surface area contributed by atoms with Crippen LogP contribution in [0.2, 0.25) is 0 Å². The smallest absolute Gasteiger partial charge is 0.251 e. The highest BCUT2D eigenvalue weighted by Crippen LogP contribution is 2.14. The first-order chi connectivity index (χ1) is 17.1. The van der Waals surface area contributed by atoms with Gasteiger partial charge in [0.15, 0.2) is 0 Å². The fraction of sp³-hybridized carbons (Fsp3) is 0.724. The van der Waals surface area contributed by atoms with Gasteiger partial charge in [0.1, 0.15) is 12.4 Å². The maximum atomic E-state index is 11.5. The molecule has 0 aromatic heterocycles. The summed E-state index contributed by atoms with van der Waals surface area (Å²) in [7, 11) is 1.63. The fourth-order valence-electron chi connectivity index (χ4n) is 3.17. The molecular weight excluding hydrogens is 438 g/mol. The molecule has 0 saturated carbocycles. The second-order valence-corrected chi connectivity index (χ2v) is 7.27. The zero-order valence-corrected chi connectivity index (χ0v) is 24.5. The molecule has 1 aliphatic rings. The molecule has 2 rings (SSSR count). The van der Waals surface area contributed by atoms with E-state index in [0.717, 1.165) is 25.3 Å². The maximum absolute atomic E-state index is 11.5. The molecule has 0 spiro atoms. The largest absolute Gasteiger partial charge is 0.492 e. The van der Waals surface area contributed by atoms with E-state index in [1.54, 1.807) is 19.2 Å². The second-order valence-electron chi connectivity index (χ2n) is 7.27. The van der Waals surface area contributed by atoms with Crippen LogP contribution in [0.4, 0.5) is 0 Å². The lowest BCUT2D eigenvalue weighted by atomic mass is 10.1. The van der Waals surface area contributed by atoms with Crippen molar-refractivity contribution in [3.8, 4) is 5.75 Å². The second kappa shape index (κ2) is 30.0. The third-order valence-corrected chi connectivity index (χ3v) is 4.83. The average molecular weight is 500 g/mol. The van der Waals surface area contributed by atoms with Crippen LogP contribution in [0.3, 0.4) is 0 Å². The van der Waals surface area contributed by atoms with Crippen molar-refractivity contribution in [2.24, 2.45) is 0 Å². The van der Waals surface area contributed by atoms with E-state index < -0.39 is 0 Å². The van der Waals surface area contributed by atoms with Crippen molar-refractivity contribution < 1.29 is 17.2 Å².